The summed E-state index contributed by atoms with van der Waals surface area (Å²) in [5, 5.41) is 0.176. The fourth-order valence-corrected chi connectivity index (χ4v) is 3.51. The van der Waals surface area contributed by atoms with Crippen molar-refractivity contribution in [3.8, 4) is 0 Å². The lowest BCUT2D eigenvalue weighted by atomic mass is 10.1. The molecule has 0 saturated carbocycles. The van der Waals surface area contributed by atoms with Crippen LogP contribution >= 0.6 is 23.8 Å². The number of hydrogen-bond acceptors (Lipinski definition) is 3. The van der Waals surface area contributed by atoms with Crippen LogP contribution in [0.1, 0.15) is 5.56 Å². The maximum Gasteiger partial charge on any atom is 0.263 e. The van der Waals surface area contributed by atoms with Crippen molar-refractivity contribution in [2.24, 2.45) is 5.73 Å². The Morgan fingerprint density at radius 1 is 1.14 bits per heavy atom. The second-order valence-corrected chi connectivity index (χ2v) is 6.96. The Hall–Kier alpha value is -1.63. The molecule has 0 aromatic heterocycles. The van der Waals surface area contributed by atoms with Gasteiger partial charge in [-0.15, -0.1) is 0 Å². The van der Waals surface area contributed by atoms with Crippen LogP contribution in [0.2, 0.25) is 5.02 Å². The Morgan fingerprint density at radius 3 is 2.33 bits per heavy atom. The molecule has 3 N–H and O–H groups in total. The summed E-state index contributed by atoms with van der Waals surface area (Å²) in [6.07, 6.45) is 0.479. The smallest absolute Gasteiger partial charge is 0.263 e. The van der Waals surface area contributed by atoms with Crippen molar-refractivity contribution >= 4 is 44.5 Å². The lowest BCUT2D eigenvalue weighted by molar-refractivity contribution is 0.601. The molecule has 0 aliphatic rings. The van der Waals surface area contributed by atoms with E-state index < -0.39 is 10.0 Å². The number of rotatable bonds is 5. The lowest BCUT2D eigenvalue weighted by Crippen LogP contribution is -2.14. The Balaban J connectivity index is 2.21. The van der Waals surface area contributed by atoms with Crippen LogP contribution < -0.4 is 10.5 Å². The first-order chi connectivity index (χ1) is 9.88. The minimum atomic E-state index is -3.71. The van der Waals surface area contributed by atoms with E-state index in [0.717, 1.165) is 5.56 Å². The van der Waals surface area contributed by atoms with Crippen LogP contribution in [0.25, 0.3) is 0 Å². The van der Waals surface area contributed by atoms with Crippen LogP contribution in [-0.4, -0.2) is 13.4 Å². The van der Waals surface area contributed by atoms with Crippen molar-refractivity contribution in [2.75, 3.05) is 4.72 Å². The summed E-state index contributed by atoms with van der Waals surface area (Å²) in [6, 6.07) is 13.1. The van der Waals surface area contributed by atoms with E-state index in [-0.39, 0.29) is 9.92 Å². The average molecular weight is 341 g/mol. The number of hydrogen-bond donors (Lipinski definition) is 2. The predicted molar refractivity (Wildman–Crippen MR) is 89.2 cm³/mol. The molecule has 0 fully saturated rings. The van der Waals surface area contributed by atoms with Gasteiger partial charge in [-0.2, -0.15) is 0 Å². The molecule has 0 amide bonds. The molecule has 0 aliphatic carbocycles. The first kappa shape index (κ1) is 15.8. The largest absolute Gasteiger partial charge is 0.393 e. The van der Waals surface area contributed by atoms with Crippen molar-refractivity contribution in [1.29, 1.82) is 0 Å². The lowest BCUT2D eigenvalue weighted by Gasteiger charge is -2.10. The van der Waals surface area contributed by atoms with Crippen LogP contribution in [0.15, 0.2) is 53.4 Å². The van der Waals surface area contributed by atoms with Gasteiger partial charge >= 0.3 is 0 Å². The van der Waals surface area contributed by atoms with Crippen LogP contribution in [-0.2, 0) is 16.4 Å². The number of nitrogens with two attached hydrogens (primary N) is 1. The summed E-state index contributed by atoms with van der Waals surface area (Å²) >= 11 is 10.7. The molecule has 4 nitrogen and oxygen atoms in total. The van der Waals surface area contributed by atoms with Gasteiger partial charge in [0.2, 0.25) is 0 Å². The standard InChI is InChI=1S/C14H13ClN2O2S2/c15-12-3-1-2-4-13(12)21(18,19)17-11-7-5-10(6-8-11)9-14(16)20/h1-8,17H,9H2,(H2,16,20). The molecular weight excluding hydrogens is 328 g/mol. The Labute approximate surface area is 134 Å². The van der Waals surface area contributed by atoms with Gasteiger partial charge in [0, 0.05) is 12.1 Å². The third kappa shape index (κ3) is 4.17. The fourth-order valence-electron chi connectivity index (χ4n) is 1.76. The first-order valence-corrected chi connectivity index (χ1v) is 8.30. The summed E-state index contributed by atoms with van der Waals surface area (Å²) < 4.78 is 27.0. The van der Waals surface area contributed by atoms with Gasteiger partial charge in [-0.25, -0.2) is 8.42 Å². The molecule has 2 rings (SSSR count). The molecule has 0 atom stereocenters. The molecule has 7 heteroatoms. The van der Waals surface area contributed by atoms with Crippen molar-refractivity contribution in [3.63, 3.8) is 0 Å². The Bertz CT molecular complexity index is 759. The molecule has 0 unspecified atom stereocenters. The molecule has 21 heavy (non-hydrogen) atoms. The fraction of sp³-hybridized carbons (Fsp3) is 0.0714. The molecule has 2 aromatic carbocycles. The second kappa shape index (κ2) is 6.43. The maximum atomic E-state index is 12.2. The summed E-state index contributed by atoms with van der Waals surface area (Å²) in [6.45, 7) is 0. The number of thiocarbonyl (C=S) groups is 1. The topological polar surface area (TPSA) is 72.2 Å². The van der Waals surface area contributed by atoms with E-state index in [1.165, 1.54) is 12.1 Å². The highest BCUT2D eigenvalue weighted by molar-refractivity contribution is 7.92. The van der Waals surface area contributed by atoms with Gasteiger partial charge < -0.3 is 5.73 Å². The van der Waals surface area contributed by atoms with Crippen LogP contribution in [0.4, 0.5) is 5.69 Å². The molecule has 110 valence electrons. The molecular formula is C14H13ClN2O2S2. The van der Waals surface area contributed by atoms with E-state index in [9.17, 15) is 8.42 Å². The maximum absolute atomic E-state index is 12.2. The molecule has 0 radical (unpaired) electrons. The van der Waals surface area contributed by atoms with Gasteiger partial charge in [-0.1, -0.05) is 48.1 Å². The van der Waals surface area contributed by atoms with Gasteiger partial charge in [0.05, 0.1) is 10.0 Å². The number of anilines is 1. The van der Waals surface area contributed by atoms with E-state index in [1.807, 2.05) is 0 Å². The molecule has 0 spiro atoms. The van der Waals surface area contributed by atoms with E-state index in [1.54, 1.807) is 36.4 Å². The number of nitrogens with one attached hydrogen (secondary N) is 1. The van der Waals surface area contributed by atoms with Crippen LogP contribution in [0.5, 0.6) is 0 Å². The highest BCUT2D eigenvalue weighted by Gasteiger charge is 2.17. The molecule has 2 aromatic rings. The Morgan fingerprint density at radius 2 is 1.76 bits per heavy atom. The SMILES string of the molecule is NC(=S)Cc1ccc(NS(=O)(=O)c2ccccc2Cl)cc1. The zero-order chi connectivity index (χ0) is 15.5. The summed E-state index contributed by atoms with van der Waals surface area (Å²) in [7, 11) is -3.71. The molecule has 0 heterocycles. The number of sulfonamides is 1. The summed E-state index contributed by atoms with van der Waals surface area (Å²) in [5.74, 6) is 0. The second-order valence-electron chi connectivity index (χ2n) is 4.38. The van der Waals surface area contributed by atoms with Crippen molar-refractivity contribution < 1.29 is 8.42 Å². The third-order valence-corrected chi connectivity index (χ3v) is 4.74. The molecule has 0 aliphatic heterocycles. The zero-order valence-corrected chi connectivity index (χ0v) is 13.3. The van der Waals surface area contributed by atoms with Crippen molar-refractivity contribution in [3.05, 3.63) is 59.1 Å². The summed E-state index contributed by atoms with van der Waals surface area (Å²) in [5.41, 5.74) is 6.83. The van der Waals surface area contributed by atoms with Gasteiger partial charge in [0.25, 0.3) is 10.0 Å². The van der Waals surface area contributed by atoms with Crippen LogP contribution in [0, 0.1) is 0 Å². The van der Waals surface area contributed by atoms with E-state index >= 15 is 0 Å². The van der Waals surface area contributed by atoms with Gasteiger partial charge in [-0.05, 0) is 29.8 Å². The molecule has 0 saturated heterocycles. The normalized spacial score (nSPS) is 11.1. The predicted octanol–water partition coefficient (Wildman–Crippen LogP) is 2.97. The minimum absolute atomic E-state index is 0.0406. The minimum Gasteiger partial charge on any atom is -0.393 e. The first-order valence-electron chi connectivity index (χ1n) is 6.03. The number of benzene rings is 2. The van der Waals surface area contributed by atoms with Gasteiger partial charge in [0.1, 0.15) is 4.90 Å². The van der Waals surface area contributed by atoms with E-state index in [0.29, 0.717) is 17.1 Å². The Kier molecular flexibility index (Phi) is 4.82. The van der Waals surface area contributed by atoms with Gasteiger partial charge in [-0.3, -0.25) is 4.72 Å². The molecule has 0 bridgehead atoms. The zero-order valence-electron chi connectivity index (χ0n) is 10.9. The van der Waals surface area contributed by atoms with Crippen LogP contribution in [0.3, 0.4) is 0 Å². The van der Waals surface area contributed by atoms with Gasteiger partial charge in [0.15, 0.2) is 0 Å². The highest BCUT2D eigenvalue weighted by atomic mass is 35.5. The monoisotopic (exact) mass is 340 g/mol. The third-order valence-electron chi connectivity index (χ3n) is 2.71. The quantitative estimate of drug-likeness (QED) is 0.821. The highest BCUT2D eigenvalue weighted by Crippen LogP contribution is 2.23. The number of halogens is 1. The summed E-state index contributed by atoms with van der Waals surface area (Å²) in [4.78, 5) is 0.429. The van der Waals surface area contributed by atoms with Crippen molar-refractivity contribution in [1.82, 2.24) is 0 Å². The average Bonchev–Trinajstić information content (AvgIpc) is 2.40. The van der Waals surface area contributed by atoms with E-state index in [2.05, 4.69) is 4.72 Å². The van der Waals surface area contributed by atoms with E-state index in [4.69, 9.17) is 29.6 Å². The van der Waals surface area contributed by atoms with Crippen molar-refractivity contribution in [2.45, 2.75) is 11.3 Å².